The number of aryl methyl sites for hydroxylation is 2. The second-order valence-corrected chi connectivity index (χ2v) is 9.60. The molecule has 2 aromatic heterocycles. The van der Waals surface area contributed by atoms with E-state index >= 15 is 0 Å². The largest absolute Gasteiger partial charge is 0.456 e. The van der Waals surface area contributed by atoms with Crippen molar-refractivity contribution in [2.24, 2.45) is 5.10 Å². The highest BCUT2D eigenvalue weighted by Gasteiger charge is 2.14. The summed E-state index contributed by atoms with van der Waals surface area (Å²) in [5, 5.41) is 6.52. The molecular formula is C28H28N4O. The number of nitrogens with zero attached hydrogens (tertiary/aromatic N) is 2. The number of benzene rings is 3. The highest BCUT2D eigenvalue weighted by Crippen LogP contribution is 2.28. The molecule has 33 heavy (non-hydrogen) atoms. The highest BCUT2D eigenvalue weighted by molar-refractivity contribution is 5.82. The Morgan fingerprint density at radius 2 is 1.70 bits per heavy atom. The maximum atomic E-state index is 6.36. The van der Waals surface area contributed by atoms with Gasteiger partial charge in [-0.25, -0.2) is 10.4 Å². The van der Waals surface area contributed by atoms with Crippen LogP contribution in [0.1, 0.15) is 37.5 Å². The molecule has 2 N–H and O–H groups in total. The molecule has 5 aromatic rings. The Morgan fingerprint density at radius 3 is 2.42 bits per heavy atom. The molecule has 0 atom stereocenters. The summed E-state index contributed by atoms with van der Waals surface area (Å²) in [6, 6.07) is 22.7. The lowest BCUT2D eigenvalue weighted by atomic mass is 9.86. The van der Waals surface area contributed by atoms with Crippen molar-refractivity contribution in [3.63, 3.8) is 0 Å². The van der Waals surface area contributed by atoms with Gasteiger partial charge in [0.2, 0.25) is 5.95 Å². The number of para-hydroxylation sites is 2. The van der Waals surface area contributed by atoms with Crippen LogP contribution in [-0.2, 0) is 5.41 Å². The zero-order chi connectivity index (χ0) is 23.2. The molecule has 5 heteroatoms. The minimum atomic E-state index is 0.101. The first-order chi connectivity index (χ1) is 15.8. The van der Waals surface area contributed by atoms with Crippen molar-refractivity contribution in [1.29, 1.82) is 0 Å². The Bertz CT molecular complexity index is 1500. The standard InChI is InChI=1S/C28H28N4O/c1-17-14-18(2)26-23(31-32-27-29-21-8-6-7-9-22(21)30-27)16-24(33-25(26)15-17)19-10-12-20(13-11-19)28(3,4)5/h6-16H,1-5H3,(H2,29,30,32)/b31-23+. The molecule has 5 nitrogen and oxygen atoms in total. The molecule has 0 unspecified atom stereocenters. The summed E-state index contributed by atoms with van der Waals surface area (Å²) in [6.07, 6.45) is 0. The van der Waals surface area contributed by atoms with E-state index in [-0.39, 0.29) is 5.41 Å². The average molecular weight is 437 g/mol. The number of anilines is 1. The third-order valence-electron chi connectivity index (χ3n) is 5.89. The summed E-state index contributed by atoms with van der Waals surface area (Å²) in [5.41, 5.74) is 10.5. The van der Waals surface area contributed by atoms with Crippen molar-refractivity contribution in [3.05, 3.63) is 88.8 Å². The lowest BCUT2D eigenvalue weighted by Gasteiger charge is -2.19. The molecule has 3 aromatic carbocycles. The number of aromatic nitrogens is 2. The molecule has 0 saturated carbocycles. The Kier molecular flexibility index (Phi) is 5.05. The zero-order valence-corrected chi connectivity index (χ0v) is 19.7. The quantitative estimate of drug-likeness (QED) is 0.305. The molecular weight excluding hydrogens is 408 g/mol. The van der Waals surface area contributed by atoms with Crippen molar-refractivity contribution in [2.45, 2.75) is 40.0 Å². The average Bonchev–Trinajstić information content (AvgIpc) is 3.19. The summed E-state index contributed by atoms with van der Waals surface area (Å²) >= 11 is 0. The van der Waals surface area contributed by atoms with E-state index in [1.54, 1.807) is 0 Å². The van der Waals surface area contributed by atoms with Crippen LogP contribution < -0.4 is 10.8 Å². The van der Waals surface area contributed by atoms with E-state index in [0.29, 0.717) is 5.95 Å². The predicted octanol–water partition coefficient (Wildman–Crippen LogP) is 6.82. The fourth-order valence-electron chi connectivity index (χ4n) is 4.17. The fraction of sp³-hybridized carbons (Fsp3) is 0.214. The lowest BCUT2D eigenvalue weighted by Crippen LogP contribution is -2.11. The SMILES string of the molecule is Cc1cc(C)c2/c(=N/Nc3nc4ccccc4[nH]3)cc(-c3ccc(C(C)(C)C)cc3)oc2c1. The van der Waals surface area contributed by atoms with Gasteiger partial charge >= 0.3 is 0 Å². The van der Waals surface area contributed by atoms with Crippen LogP contribution in [0.3, 0.4) is 0 Å². The van der Waals surface area contributed by atoms with Crippen molar-refractivity contribution in [1.82, 2.24) is 9.97 Å². The van der Waals surface area contributed by atoms with Crippen LogP contribution in [0.2, 0.25) is 0 Å². The Labute approximate surface area is 193 Å². The van der Waals surface area contributed by atoms with E-state index in [1.165, 1.54) is 5.56 Å². The van der Waals surface area contributed by atoms with E-state index in [0.717, 1.165) is 49.8 Å². The molecule has 0 bridgehead atoms. The highest BCUT2D eigenvalue weighted by atomic mass is 16.3. The maximum Gasteiger partial charge on any atom is 0.222 e. The molecule has 0 radical (unpaired) electrons. The van der Waals surface area contributed by atoms with Gasteiger partial charge in [0.05, 0.1) is 16.4 Å². The molecule has 166 valence electrons. The molecule has 5 rings (SSSR count). The zero-order valence-electron chi connectivity index (χ0n) is 19.7. The van der Waals surface area contributed by atoms with Crippen LogP contribution in [0, 0.1) is 13.8 Å². The van der Waals surface area contributed by atoms with Crippen molar-refractivity contribution in [3.8, 4) is 11.3 Å². The monoisotopic (exact) mass is 436 g/mol. The number of rotatable bonds is 3. The van der Waals surface area contributed by atoms with Gasteiger partial charge in [-0.05, 0) is 54.2 Å². The topological polar surface area (TPSA) is 66.2 Å². The van der Waals surface area contributed by atoms with E-state index < -0.39 is 0 Å². The van der Waals surface area contributed by atoms with Crippen LogP contribution in [0.15, 0.2) is 76.2 Å². The Hall–Kier alpha value is -3.86. The molecule has 0 aliphatic rings. The van der Waals surface area contributed by atoms with E-state index in [1.807, 2.05) is 30.3 Å². The number of imidazole rings is 1. The van der Waals surface area contributed by atoms with E-state index in [2.05, 4.69) is 86.4 Å². The summed E-state index contributed by atoms with van der Waals surface area (Å²) in [5.74, 6) is 1.38. The predicted molar refractivity (Wildman–Crippen MR) is 135 cm³/mol. The minimum absolute atomic E-state index is 0.101. The first-order valence-corrected chi connectivity index (χ1v) is 11.2. The molecule has 0 spiro atoms. The summed E-state index contributed by atoms with van der Waals surface area (Å²) in [6.45, 7) is 10.8. The van der Waals surface area contributed by atoms with Gasteiger partial charge in [0.1, 0.15) is 11.3 Å². The first-order valence-electron chi connectivity index (χ1n) is 11.2. The Balaban J connectivity index is 1.64. The normalized spacial score (nSPS) is 12.6. The summed E-state index contributed by atoms with van der Waals surface area (Å²) in [4.78, 5) is 7.84. The molecule has 0 fully saturated rings. The molecule has 0 aliphatic carbocycles. The third-order valence-corrected chi connectivity index (χ3v) is 5.89. The van der Waals surface area contributed by atoms with E-state index in [4.69, 9.17) is 9.52 Å². The van der Waals surface area contributed by atoms with Gasteiger partial charge in [0, 0.05) is 17.0 Å². The summed E-state index contributed by atoms with van der Waals surface area (Å²) < 4.78 is 6.36. The van der Waals surface area contributed by atoms with Crippen LogP contribution in [-0.4, -0.2) is 9.97 Å². The number of hydrogen-bond acceptors (Lipinski definition) is 4. The second-order valence-electron chi connectivity index (χ2n) is 9.60. The van der Waals surface area contributed by atoms with Gasteiger partial charge in [-0.1, -0.05) is 63.2 Å². The van der Waals surface area contributed by atoms with Crippen LogP contribution in [0.4, 0.5) is 5.95 Å². The number of hydrogen-bond donors (Lipinski definition) is 2. The van der Waals surface area contributed by atoms with Crippen LogP contribution >= 0.6 is 0 Å². The number of fused-ring (bicyclic) bond motifs is 2. The smallest absolute Gasteiger partial charge is 0.222 e. The fourth-order valence-corrected chi connectivity index (χ4v) is 4.17. The molecule has 0 amide bonds. The van der Waals surface area contributed by atoms with E-state index in [9.17, 15) is 0 Å². The van der Waals surface area contributed by atoms with Gasteiger partial charge in [-0.15, -0.1) is 0 Å². The molecule has 2 heterocycles. The number of H-pyrrole nitrogens is 1. The van der Waals surface area contributed by atoms with Crippen LogP contribution in [0.25, 0.3) is 33.3 Å². The van der Waals surface area contributed by atoms with Crippen LogP contribution in [0.5, 0.6) is 0 Å². The first kappa shape index (κ1) is 21.0. The molecule has 0 saturated heterocycles. The van der Waals surface area contributed by atoms with Crippen molar-refractivity contribution >= 4 is 28.0 Å². The second kappa shape index (κ2) is 7.93. The van der Waals surface area contributed by atoms with Gasteiger partial charge in [0.25, 0.3) is 0 Å². The van der Waals surface area contributed by atoms with Gasteiger partial charge in [-0.2, -0.15) is 5.10 Å². The number of nitrogens with one attached hydrogen (secondary N) is 2. The summed E-state index contributed by atoms with van der Waals surface area (Å²) in [7, 11) is 0. The van der Waals surface area contributed by atoms with Crippen molar-refractivity contribution in [2.75, 3.05) is 5.43 Å². The maximum absolute atomic E-state index is 6.36. The van der Waals surface area contributed by atoms with Crippen molar-refractivity contribution < 1.29 is 4.42 Å². The van der Waals surface area contributed by atoms with Gasteiger partial charge < -0.3 is 9.40 Å². The number of aromatic amines is 1. The third kappa shape index (κ3) is 4.14. The lowest BCUT2D eigenvalue weighted by molar-refractivity contribution is 0.589. The van der Waals surface area contributed by atoms with Gasteiger partial charge in [0.15, 0.2) is 0 Å². The Morgan fingerprint density at radius 1 is 0.939 bits per heavy atom. The molecule has 0 aliphatic heterocycles. The minimum Gasteiger partial charge on any atom is -0.456 e. The van der Waals surface area contributed by atoms with Gasteiger partial charge in [-0.3, -0.25) is 0 Å².